The molecule has 1 unspecified atom stereocenters. The topological polar surface area (TPSA) is 78.9 Å². The molecule has 0 saturated carbocycles. The van der Waals surface area contributed by atoms with E-state index in [0.717, 1.165) is 141 Å². The third kappa shape index (κ3) is 68.2. The molecule has 472 valence electrons. The molecule has 6 heteroatoms. The quantitative estimate of drug-likeness (QED) is 0.0261. The van der Waals surface area contributed by atoms with Crippen LogP contribution in [0.15, 0.2) is 134 Å². The van der Waals surface area contributed by atoms with Crippen LogP contribution in [-0.2, 0) is 28.6 Å². The van der Waals surface area contributed by atoms with Crippen molar-refractivity contribution >= 4 is 17.9 Å². The highest BCUT2D eigenvalue weighted by Gasteiger charge is 2.19. The summed E-state index contributed by atoms with van der Waals surface area (Å²) in [4.78, 5) is 38.0. The maximum absolute atomic E-state index is 12.9. The number of unbranched alkanes of at least 4 members (excludes halogenated alkanes) is 29. The summed E-state index contributed by atoms with van der Waals surface area (Å²) >= 11 is 0. The first-order valence-corrected chi connectivity index (χ1v) is 34.7. The summed E-state index contributed by atoms with van der Waals surface area (Å²) in [7, 11) is 0. The molecule has 0 aromatic heterocycles. The Labute approximate surface area is 513 Å². The Hall–Kier alpha value is -4.45. The highest BCUT2D eigenvalue weighted by atomic mass is 16.6. The Morgan fingerprint density at radius 3 is 0.735 bits per heavy atom. The van der Waals surface area contributed by atoms with Gasteiger partial charge in [0.05, 0.1) is 0 Å². The standard InChI is InChI=1S/C77H128O6/c1-4-7-10-13-15-17-19-21-23-25-27-29-31-33-35-37-38-40-41-43-45-47-49-51-53-55-57-59-61-64-67-70-76(79)82-73-74(72-81-75(78)69-66-63-12-9-6-3)83-77(80)71-68-65-62-60-58-56-54-52-50-48-46-44-42-39-36-34-32-30-28-26-24-22-20-18-16-14-11-8-5-2/h7-8,10-11,15-18,21-24,27-30,34,36,42,44,48,50,74H,4-6,9,12-14,19-20,25-26,31-33,35,37-41,43,45-47,49,51-73H2,1-3H3/b10-7-,11-8-,17-15-,18-16-,23-21-,24-22-,29-27-,30-28-,36-34-,44-42-,50-48-. The van der Waals surface area contributed by atoms with E-state index in [1.807, 2.05) is 0 Å². The summed E-state index contributed by atoms with van der Waals surface area (Å²) in [6, 6.07) is 0. The van der Waals surface area contributed by atoms with Gasteiger partial charge in [0.15, 0.2) is 6.10 Å². The zero-order chi connectivity index (χ0) is 59.9. The van der Waals surface area contributed by atoms with E-state index < -0.39 is 6.10 Å². The first-order valence-electron chi connectivity index (χ1n) is 34.7. The van der Waals surface area contributed by atoms with E-state index in [1.54, 1.807) is 0 Å². The van der Waals surface area contributed by atoms with Crippen molar-refractivity contribution in [3.63, 3.8) is 0 Å². The first kappa shape index (κ1) is 78.5. The summed E-state index contributed by atoms with van der Waals surface area (Å²) in [5.41, 5.74) is 0. The number of carbonyl (C=O) groups excluding carboxylic acids is 3. The molecule has 0 bridgehead atoms. The Balaban J connectivity index is 4.03. The highest BCUT2D eigenvalue weighted by Crippen LogP contribution is 2.17. The molecule has 0 heterocycles. The van der Waals surface area contributed by atoms with Crippen LogP contribution < -0.4 is 0 Å². The predicted octanol–water partition coefficient (Wildman–Crippen LogP) is 24.1. The van der Waals surface area contributed by atoms with Crippen LogP contribution in [-0.4, -0.2) is 37.2 Å². The molecule has 0 fully saturated rings. The Bertz CT molecular complexity index is 1750. The van der Waals surface area contributed by atoms with Crippen molar-refractivity contribution in [2.45, 2.75) is 322 Å². The first-order chi connectivity index (χ1) is 41.0. The smallest absolute Gasteiger partial charge is 0.306 e. The van der Waals surface area contributed by atoms with Crippen LogP contribution >= 0.6 is 0 Å². The summed E-state index contributed by atoms with van der Waals surface area (Å²) in [5, 5.41) is 0. The molecule has 0 amide bonds. The van der Waals surface area contributed by atoms with Gasteiger partial charge in [0.1, 0.15) is 13.2 Å². The maximum Gasteiger partial charge on any atom is 0.306 e. The monoisotopic (exact) mass is 1150 g/mol. The van der Waals surface area contributed by atoms with Crippen molar-refractivity contribution in [1.82, 2.24) is 0 Å². The lowest BCUT2D eigenvalue weighted by atomic mass is 10.0. The normalized spacial score (nSPS) is 13.0. The lowest BCUT2D eigenvalue weighted by Crippen LogP contribution is -2.30. The van der Waals surface area contributed by atoms with Gasteiger partial charge in [-0.1, -0.05) is 315 Å². The molecule has 0 radical (unpaired) electrons. The van der Waals surface area contributed by atoms with Gasteiger partial charge in [0, 0.05) is 19.3 Å². The molecule has 0 spiro atoms. The Morgan fingerprint density at radius 2 is 0.470 bits per heavy atom. The van der Waals surface area contributed by atoms with E-state index in [0.29, 0.717) is 19.3 Å². The summed E-state index contributed by atoms with van der Waals surface area (Å²) in [6.45, 7) is 6.34. The van der Waals surface area contributed by atoms with Gasteiger partial charge in [-0.25, -0.2) is 0 Å². The highest BCUT2D eigenvalue weighted by molar-refractivity contribution is 5.71. The third-order valence-corrected chi connectivity index (χ3v) is 14.7. The summed E-state index contributed by atoms with van der Waals surface area (Å²) in [5.74, 6) is -0.901. The molecule has 0 aromatic carbocycles. The van der Waals surface area contributed by atoms with E-state index in [9.17, 15) is 14.4 Å². The second kappa shape index (κ2) is 70.0. The average Bonchev–Trinajstić information content (AvgIpc) is 3.48. The number of esters is 3. The van der Waals surface area contributed by atoms with Crippen LogP contribution in [0.3, 0.4) is 0 Å². The number of ether oxygens (including phenoxy) is 3. The van der Waals surface area contributed by atoms with Crippen molar-refractivity contribution in [3.05, 3.63) is 134 Å². The average molecular weight is 1150 g/mol. The van der Waals surface area contributed by atoms with Crippen LogP contribution in [0.5, 0.6) is 0 Å². The maximum atomic E-state index is 12.9. The number of carbonyl (C=O) groups is 3. The van der Waals surface area contributed by atoms with Crippen LogP contribution in [0, 0.1) is 0 Å². The third-order valence-electron chi connectivity index (χ3n) is 14.7. The van der Waals surface area contributed by atoms with Crippen molar-refractivity contribution in [3.8, 4) is 0 Å². The molecule has 6 nitrogen and oxygen atoms in total. The number of hydrogen-bond donors (Lipinski definition) is 0. The van der Waals surface area contributed by atoms with E-state index in [1.165, 1.54) is 135 Å². The van der Waals surface area contributed by atoms with Crippen molar-refractivity contribution < 1.29 is 28.6 Å². The van der Waals surface area contributed by atoms with Crippen molar-refractivity contribution in [2.75, 3.05) is 13.2 Å². The van der Waals surface area contributed by atoms with E-state index >= 15 is 0 Å². The fourth-order valence-electron chi connectivity index (χ4n) is 9.53. The van der Waals surface area contributed by atoms with Crippen LogP contribution in [0.4, 0.5) is 0 Å². The lowest BCUT2D eigenvalue weighted by Gasteiger charge is -2.18. The van der Waals surface area contributed by atoms with Gasteiger partial charge in [0.25, 0.3) is 0 Å². The van der Waals surface area contributed by atoms with Gasteiger partial charge in [0.2, 0.25) is 0 Å². The lowest BCUT2D eigenvalue weighted by molar-refractivity contribution is -0.167. The molecular formula is C77H128O6. The van der Waals surface area contributed by atoms with Gasteiger partial charge < -0.3 is 14.2 Å². The predicted molar refractivity (Wildman–Crippen MR) is 362 cm³/mol. The van der Waals surface area contributed by atoms with Crippen molar-refractivity contribution in [2.24, 2.45) is 0 Å². The molecule has 0 aliphatic carbocycles. The van der Waals surface area contributed by atoms with Crippen LogP contribution in [0.1, 0.15) is 316 Å². The minimum atomic E-state index is -0.784. The van der Waals surface area contributed by atoms with Crippen molar-refractivity contribution in [1.29, 1.82) is 0 Å². The number of hydrogen-bond acceptors (Lipinski definition) is 6. The molecule has 0 saturated heterocycles. The largest absolute Gasteiger partial charge is 0.462 e. The second-order valence-corrected chi connectivity index (χ2v) is 22.7. The number of rotatable bonds is 62. The van der Waals surface area contributed by atoms with Crippen LogP contribution in [0.25, 0.3) is 0 Å². The second-order valence-electron chi connectivity index (χ2n) is 22.7. The fraction of sp³-hybridized carbons (Fsp3) is 0.675. The zero-order valence-electron chi connectivity index (χ0n) is 54.2. The zero-order valence-corrected chi connectivity index (χ0v) is 54.2. The molecule has 1 atom stereocenters. The molecule has 0 N–H and O–H groups in total. The van der Waals surface area contributed by atoms with Crippen LogP contribution in [0.2, 0.25) is 0 Å². The van der Waals surface area contributed by atoms with E-state index in [2.05, 4.69) is 154 Å². The summed E-state index contributed by atoms with van der Waals surface area (Å²) in [6.07, 6.45) is 99.6. The van der Waals surface area contributed by atoms with Gasteiger partial charge in [-0.2, -0.15) is 0 Å². The summed E-state index contributed by atoms with van der Waals surface area (Å²) < 4.78 is 16.8. The Morgan fingerprint density at radius 1 is 0.253 bits per heavy atom. The molecule has 0 rings (SSSR count). The molecule has 0 aliphatic rings. The van der Waals surface area contributed by atoms with Gasteiger partial charge in [-0.3, -0.25) is 14.4 Å². The number of allylic oxidation sites excluding steroid dienone is 22. The molecule has 0 aromatic rings. The van der Waals surface area contributed by atoms with Gasteiger partial charge >= 0.3 is 17.9 Å². The molecule has 0 aliphatic heterocycles. The molecular weight excluding hydrogens is 1020 g/mol. The minimum absolute atomic E-state index is 0.0827. The van der Waals surface area contributed by atoms with E-state index in [-0.39, 0.29) is 31.1 Å². The molecule has 83 heavy (non-hydrogen) atoms. The van der Waals surface area contributed by atoms with Gasteiger partial charge in [-0.15, -0.1) is 0 Å². The van der Waals surface area contributed by atoms with E-state index in [4.69, 9.17) is 14.2 Å². The fourth-order valence-corrected chi connectivity index (χ4v) is 9.53. The van der Waals surface area contributed by atoms with Gasteiger partial charge in [-0.05, 0) is 116 Å². The minimum Gasteiger partial charge on any atom is -0.462 e. The SMILES string of the molecule is CC/C=C\C/C=C\C/C=C\C/C=C\C/C=C\C/C=C\C/C=C\CCCCCCCCCC(=O)OC(COC(=O)CCCCCCC)COC(=O)CCCCCCCCCCCCCCCCCCCC/C=C\C/C=C\C/C=C\C/C=C\CC. The Kier molecular flexibility index (Phi) is 66.3.